The van der Waals surface area contributed by atoms with Crippen LogP contribution in [0.4, 0.5) is 10.1 Å². The van der Waals surface area contributed by atoms with Gasteiger partial charge in [0.2, 0.25) is 0 Å². The molecule has 18 heavy (non-hydrogen) atoms. The fourth-order valence-corrected chi connectivity index (χ4v) is 3.43. The Morgan fingerprint density at radius 3 is 2.94 bits per heavy atom. The topological polar surface area (TPSA) is 29.3 Å². The average molecular weight is 268 g/mol. The van der Waals surface area contributed by atoms with Crippen LogP contribution in [-0.2, 0) is 0 Å². The van der Waals surface area contributed by atoms with Gasteiger partial charge in [0.05, 0.1) is 5.69 Å². The van der Waals surface area contributed by atoms with E-state index in [-0.39, 0.29) is 11.9 Å². The van der Waals surface area contributed by atoms with Gasteiger partial charge in [-0.25, -0.2) is 4.39 Å². The van der Waals surface area contributed by atoms with Gasteiger partial charge < -0.3 is 10.6 Å². The number of hydrogen-bond acceptors (Lipinski definition) is 3. The van der Waals surface area contributed by atoms with Gasteiger partial charge in [-0.1, -0.05) is 13.0 Å². The van der Waals surface area contributed by atoms with Gasteiger partial charge in [0.25, 0.3) is 0 Å². The number of nitrogens with zero attached hydrogens (tertiary/aromatic N) is 1. The predicted molar refractivity (Wildman–Crippen MR) is 77.8 cm³/mol. The van der Waals surface area contributed by atoms with E-state index in [9.17, 15) is 4.39 Å². The highest BCUT2D eigenvalue weighted by atomic mass is 32.2. The molecule has 0 aromatic heterocycles. The number of rotatable bonds is 3. The van der Waals surface area contributed by atoms with Crippen LogP contribution in [0.5, 0.6) is 0 Å². The molecule has 0 saturated carbocycles. The molecule has 1 aromatic rings. The summed E-state index contributed by atoms with van der Waals surface area (Å²) in [4.78, 5) is 2.16. The van der Waals surface area contributed by atoms with Crippen molar-refractivity contribution in [2.24, 2.45) is 5.73 Å². The van der Waals surface area contributed by atoms with Crippen LogP contribution < -0.4 is 10.6 Å². The van der Waals surface area contributed by atoms with E-state index in [0.29, 0.717) is 5.25 Å². The highest BCUT2D eigenvalue weighted by Crippen LogP contribution is 2.28. The number of hydrogen-bond donors (Lipinski definition) is 1. The third kappa shape index (κ3) is 2.98. The maximum absolute atomic E-state index is 14.1. The molecule has 1 unspecified atom stereocenters. The van der Waals surface area contributed by atoms with Gasteiger partial charge in [0, 0.05) is 30.1 Å². The molecule has 2 N–H and O–H groups in total. The summed E-state index contributed by atoms with van der Waals surface area (Å²) in [7, 11) is 0. The fraction of sp³-hybridized carbons (Fsp3) is 0.571. The molecule has 100 valence electrons. The third-order valence-electron chi connectivity index (χ3n) is 3.43. The minimum absolute atomic E-state index is 0.117. The molecule has 1 heterocycles. The molecule has 0 amide bonds. The van der Waals surface area contributed by atoms with E-state index < -0.39 is 0 Å². The van der Waals surface area contributed by atoms with Crippen molar-refractivity contribution in [3.05, 3.63) is 29.6 Å². The molecule has 0 bridgehead atoms. The molecule has 2 rings (SSSR count). The van der Waals surface area contributed by atoms with Crippen LogP contribution in [0.2, 0.25) is 0 Å². The van der Waals surface area contributed by atoms with Gasteiger partial charge in [0.15, 0.2) is 0 Å². The smallest absolute Gasteiger partial charge is 0.146 e. The van der Waals surface area contributed by atoms with E-state index in [4.69, 9.17) is 5.73 Å². The summed E-state index contributed by atoms with van der Waals surface area (Å²) in [5.74, 6) is 0.930. The Hall–Kier alpha value is -0.740. The number of anilines is 1. The fourth-order valence-electron chi connectivity index (χ4n) is 2.25. The quantitative estimate of drug-likeness (QED) is 0.913. The van der Waals surface area contributed by atoms with Crippen molar-refractivity contribution in [1.82, 2.24) is 0 Å². The van der Waals surface area contributed by atoms with Crippen LogP contribution in [0.1, 0.15) is 31.9 Å². The van der Waals surface area contributed by atoms with Crippen molar-refractivity contribution in [3.8, 4) is 0 Å². The van der Waals surface area contributed by atoms with E-state index >= 15 is 0 Å². The second-order valence-corrected chi connectivity index (χ2v) is 6.25. The minimum Gasteiger partial charge on any atom is -0.367 e. The van der Waals surface area contributed by atoms with Crippen molar-refractivity contribution in [1.29, 1.82) is 0 Å². The first-order valence-corrected chi connectivity index (χ1v) is 7.58. The summed E-state index contributed by atoms with van der Waals surface area (Å²) >= 11 is 1.99. The zero-order valence-electron chi connectivity index (χ0n) is 11.0. The summed E-state index contributed by atoms with van der Waals surface area (Å²) in [5, 5.41) is 0.617. The van der Waals surface area contributed by atoms with Crippen molar-refractivity contribution in [2.45, 2.75) is 31.6 Å². The second kappa shape index (κ2) is 5.93. The third-order valence-corrected chi connectivity index (χ3v) is 4.80. The van der Waals surface area contributed by atoms with E-state index in [1.54, 1.807) is 6.07 Å². The summed E-state index contributed by atoms with van der Waals surface area (Å²) in [6.45, 7) is 5.93. The van der Waals surface area contributed by atoms with Gasteiger partial charge in [-0.2, -0.15) is 11.8 Å². The van der Waals surface area contributed by atoms with Gasteiger partial charge in [-0.15, -0.1) is 0 Å². The molecule has 1 aliphatic rings. The largest absolute Gasteiger partial charge is 0.367 e. The van der Waals surface area contributed by atoms with Crippen molar-refractivity contribution >= 4 is 17.4 Å². The summed E-state index contributed by atoms with van der Waals surface area (Å²) in [5.41, 5.74) is 7.35. The lowest BCUT2D eigenvalue weighted by molar-refractivity contribution is 0.608. The van der Waals surface area contributed by atoms with E-state index in [2.05, 4.69) is 11.8 Å². The average Bonchev–Trinajstić information content (AvgIpc) is 2.38. The lowest BCUT2D eigenvalue weighted by Gasteiger charge is -2.34. The normalized spacial score (nSPS) is 22.0. The number of benzene rings is 1. The molecule has 1 aromatic carbocycles. The number of thioether (sulfide) groups is 1. The molecular weight excluding hydrogens is 247 g/mol. The molecule has 1 fully saturated rings. The zero-order valence-corrected chi connectivity index (χ0v) is 11.8. The lowest BCUT2D eigenvalue weighted by Crippen LogP contribution is -2.38. The van der Waals surface area contributed by atoms with E-state index in [1.807, 2.05) is 30.8 Å². The van der Waals surface area contributed by atoms with E-state index in [0.717, 1.165) is 36.5 Å². The summed E-state index contributed by atoms with van der Waals surface area (Å²) in [6, 6.07) is 5.26. The van der Waals surface area contributed by atoms with Crippen LogP contribution in [-0.4, -0.2) is 24.1 Å². The summed E-state index contributed by atoms with van der Waals surface area (Å²) < 4.78 is 14.1. The molecule has 1 aliphatic heterocycles. The monoisotopic (exact) mass is 268 g/mol. The molecule has 2 nitrogen and oxygen atoms in total. The zero-order chi connectivity index (χ0) is 13.1. The Morgan fingerprint density at radius 1 is 1.56 bits per heavy atom. The van der Waals surface area contributed by atoms with Crippen LogP contribution in [0, 0.1) is 5.82 Å². The molecular formula is C14H21FN2S. The van der Waals surface area contributed by atoms with Crippen LogP contribution in [0.3, 0.4) is 0 Å². The lowest BCUT2D eigenvalue weighted by atomic mass is 10.1. The highest BCUT2D eigenvalue weighted by Gasteiger charge is 2.21. The molecule has 0 aliphatic carbocycles. The maximum Gasteiger partial charge on any atom is 0.146 e. The van der Waals surface area contributed by atoms with Gasteiger partial charge in [-0.05, 0) is 31.0 Å². The van der Waals surface area contributed by atoms with Crippen molar-refractivity contribution < 1.29 is 4.39 Å². The van der Waals surface area contributed by atoms with Crippen LogP contribution in [0.25, 0.3) is 0 Å². The Labute approximate surface area is 113 Å². The van der Waals surface area contributed by atoms with Crippen molar-refractivity contribution in [3.63, 3.8) is 0 Å². The van der Waals surface area contributed by atoms with Gasteiger partial charge >= 0.3 is 0 Å². The van der Waals surface area contributed by atoms with E-state index in [1.165, 1.54) is 0 Å². The van der Waals surface area contributed by atoms with Gasteiger partial charge in [0.1, 0.15) is 5.82 Å². The molecule has 4 heteroatoms. The Morgan fingerprint density at radius 2 is 2.33 bits per heavy atom. The molecule has 1 saturated heterocycles. The van der Waals surface area contributed by atoms with Crippen LogP contribution in [0.15, 0.2) is 18.2 Å². The Balaban J connectivity index is 2.17. The SMILES string of the molecule is CCC1CN(c2ccc([C@@H](C)N)cc2F)CCS1. The Kier molecular flexibility index (Phi) is 4.51. The molecule has 0 spiro atoms. The molecule has 2 atom stereocenters. The maximum atomic E-state index is 14.1. The molecule has 0 radical (unpaired) electrons. The first kappa shape index (κ1) is 13.7. The van der Waals surface area contributed by atoms with Crippen LogP contribution >= 0.6 is 11.8 Å². The highest BCUT2D eigenvalue weighted by molar-refractivity contribution is 8.00. The predicted octanol–water partition coefficient (Wildman–Crippen LogP) is 3.18. The number of halogens is 1. The van der Waals surface area contributed by atoms with Gasteiger partial charge in [-0.3, -0.25) is 0 Å². The number of nitrogens with two attached hydrogens (primary N) is 1. The Bertz CT molecular complexity index is 409. The second-order valence-electron chi connectivity index (χ2n) is 4.85. The summed E-state index contributed by atoms with van der Waals surface area (Å²) in [6.07, 6.45) is 1.14. The standard InChI is InChI=1S/C14H21FN2S/c1-3-12-9-17(6-7-18-12)14-5-4-11(10(2)16)8-13(14)15/h4-5,8,10,12H,3,6-7,9,16H2,1-2H3/t10-,12?/m1/s1. The first-order chi connectivity index (χ1) is 8.61. The first-order valence-electron chi connectivity index (χ1n) is 6.53. The minimum atomic E-state index is -0.147. The van der Waals surface area contributed by atoms with Crippen molar-refractivity contribution in [2.75, 3.05) is 23.7 Å².